The van der Waals surface area contributed by atoms with E-state index in [1.54, 1.807) is 12.5 Å². The number of carbonyl (C=O) groups excluding carboxylic acids is 1. The third-order valence-corrected chi connectivity index (χ3v) is 6.60. The molecule has 1 amide bonds. The molecular weight excluding hydrogens is 469 g/mol. The number of nitrogens with zero attached hydrogens (tertiary/aromatic N) is 5. The Morgan fingerprint density at radius 2 is 1.70 bits per heavy atom. The van der Waals surface area contributed by atoms with Gasteiger partial charge in [-0.15, -0.1) is 0 Å². The fourth-order valence-corrected chi connectivity index (χ4v) is 4.64. The number of benzene rings is 3. The molecule has 37 heavy (non-hydrogen) atoms. The summed E-state index contributed by atoms with van der Waals surface area (Å²) in [5, 5.41) is 10.8. The fourth-order valence-electron chi connectivity index (χ4n) is 4.64. The van der Waals surface area contributed by atoms with E-state index >= 15 is 0 Å². The van der Waals surface area contributed by atoms with Crippen molar-refractivity contribution >= 4 is 34.0 Å². The standard InChI is InChI=1S/C28H24FN7O/c29-22-7-4-19(5-8-22)28(37)34-23-2-1-3-24(15-23)35-10-12-36(13-11-35)27-25-14-20(21-16-32-33-17-21)6-9-26(25)30-18-31-27/h1-9,14-18H,10-13H2,(H,32,33)(H,34,37). The molecule has 0 atom stereocenters. The Morgan fingerprint density at radius 1 is 0.892 bits per heavy atom. The van der Waals surface area contributed by atoms with Crippen molar-refractivity contribution < 1.29 is 9.18 Å². The topological polar surface area (TPSA) is 90.0 Å². The number of anilines is 3. The number of halogens is 1. The van der Waals surface area contributed by atoms with E-state index in [1.807, 2.05) is 42.6 Å². The van der Waals surface area contributed by atoms with Gasteiger partial charge in [-0.3, -0.25) is 9.89 Å². The van der Waals surface area contributed by atoms with Gasteiger partial charge in [0.1, 0.15) is 18.0 Å². The molecule has 184 valence electrons. The van der Waals surface area contributed by atoms with E-state index in [0.29, 0.717) is 11.3 Å². The van der Waals surface area contributed by atoms with E-state index in [2.05, 4.69) is 41.3 Å². The first-order valence-corrected chi connectivity index (χ1v) is 12.0. The van der Waals surface area contributed by atoms with Gasteiger partial charge in [-0.05, 0) is 60.2 Å². The van der Waals surface area contributed by atoms with Gasteiger partial charge in [0.05, 0.1) is 11.7 Å². The van der Waals surface area contributed by atoms with Crippen LogP contribution in [0.3, 0.4) is 0 Å². The summed E-state index contributed by atoms with van der Waals surface area (Å²) in [6.45, 7) is 3.22. The molecule has 9 heteroatoms. The third kappa shape index (κ3) is 4.71. The van der Waals surface area contributed by atoms with Gasteiger partial charge in [0.2, 0.25) is 0 Å². The minimum atomic E-state index is -0.369. The number of piperazine rings is 1. The maximum absolute atomic E-state index is 13.2. The van der Waals surface area contributed by atoms with Crippen molar-refractivity contribution in [3.8, 4) is 11.1 Å². The highest BCUT2D eigenvalue weighted by atomic mass is 19.1. The number of nitrogens with one attached hydrogen (secondary N) is 2. The largest absolute Gasteiger partial charge is 0.368 e. The zero-order chi connectivity index (χ0) is 25.2. The molecule has 0 aliphatic carbocycles. The molecule has 1 aliphatic heterocycles. The van der Waals surface area contributed by atoms with Crippen molar-refractivity contribution in [2.45, 2.75) is 0 Å². The predicted octanol–water partition coefficient (Wildman–Crippen LogP) is 4.74. The van der Waals surface area contributed by atoms with Crippen molar-refractivity contribution in [3.63, 3.8) is 0 Å². The van der Waals surface area contributed by atoms with Gasteiger partial charge in [-0.25, -0.2) is 14.4 Å². The van der Waals surface area contributed by atoms with Crippen LogP contribution in [0.5, 0.6) is 0 Å². The summed E-state index contributed by atoms with van der Waals surface area (Å²) in [4.78, 5) is 26.2. The lowest BCUT2D eigenvalue weighted by Crippen LogP contribution is -2.47. The normalized spacial score (nSPS) is 13.6. The molecule has 3 aromatic carbocycles. The Bertz CT molecular complexity index is 1550. The number of carbonyl (C=O) groups is 1. The van der Waals surface area contributed by atoms with Crippen LogP contribution >= 0.6 is 0 Å². The second kappa shape index (κ2) is 9.69. The maximum Gasteiger partial charge on any atom is 0.255 e. The van der Waals surface area contributed by atoms with Crippen LogP contribution in [0.25, 0.3) is 22.0 Å². The average Bonchev–Trinajstić information content (AvgIpc) is 3.48. The van der Waals surface area contributed by atoms with Crippen molar-refractivity contribution in [1.29, 1.82) is 0 Å². The number of amides is 1. The SMILES string of the molecule is O=C(Nc1cccc(N2CCN(c3ncnc4ccc(-c5cn[nH]c5)cc34)CC2)c1)c1ccc(F)cc1. The molecule has 0 unspecified atom stereocenters. The Balaban J connectivity index is 1.16. The molecule has 2 N–H and O–H groups in total. The number of H-pyrrole nitrogens is 1. The second-order valence-electron chi connectivity index (χ2n) is 8.90. The van der Waals surface area contributed by atoms with E-state index in [-0.39, 0.29) is 11.7 Å². The van der Waals surface area contributed by atoms with Crippen molar-refractivity contribution in [1.82, 2.24) is 20.2 Å². The Morgan fingerprint density at radius 3 is 2.49 bits per heavy atom. The van der Waals surface area contributed by atoms with Crippen molar-refractivity contribution in [2.75, 3.05) is 41.3 Å². The number of hydrogen-bond donors (Lipinski definition) is 2. The summed E-state index contributed by atoms with van der Waals surface area (Å²) < 4.78 is 13.2. The monoisotopic (exact) mass is 493 g/mol. The van der Waals surface area contributed by atoms with E-state index in [4.69, 9.17) is 0 Å². The van der Waals surface area contributed by atoms with Gasteiger partial charge in [-0.1, -0.05) is 12.1 Å². The first-order valence-electron chi connectivity index (χ1n) is 12.0. The molecular formula is C28H24FN7O. The summed E-state index contributed by atoms with van der Waals surface area (Å²) in [6, 6.07) is 19.5. The minimum absolute atomic E-state index is 0.271. The van der Waals surface area contributed by atoms with Crippen LogP contribution in [0.4, 0.5) is 21.6 Å². The molecule has 5 aromatic rings. The minimum Gasteiger partial charge on any atom is -0.368 e. The van der Waals surface area contributed by atoms with Gasteiger partial charge < -0.3 is 15.1 Å². The summed E-state index contributed by atoms with van der Waals surface area (Å²) in [7, 11) is 0. The maximum atomic E-state index is 13.2. The van der Waals surface area contributed by atoms with Crippen LogP contribution in [0, 0.1) is 5.82 Å². The zero-order valence-corrected chi connectivity index (χ0v) is 19.9. The van der Waals surface area contributed by atoms with Crippen molar-refractivity contribution in [3.05, 3.63) is 96.8 Å². The molecule has 8 nitrogen and oxygen atoms in total. The number of rotatable bonds is 5. The first kappa shape index (κ1) is 22.7. The van der Waals surface area contributed by atoms with Gasteiger partial charge in [0.15, 0.2) is 0 Å². The first-order chi connectivity index (χ1) is 18.1. The lowest BCUT2D eigenvalue weighted by molar-refractivity contribution is 0.102. The number of aromatic amines is 1. The zero-order valence-electron chi connectivity index (χ0n) is 19.9. The molecule has 3 heterocycles. The highest BCUT2D eigenvalue weighted by Crippen LogP contribution is 2.30. The van der Waals surface area contributed by atoms with E-state index in [0.717, 1.165) is 59.7 Å². The Labute approximate surface area is 212 Å². The quantitative estimate of drug-likeness (QED) is 0.368. The smallest absolute Gasteiger partial charge is 0.255 e. The number of hydrogen-bond acceptors (Lipinski definition) is 6. The second-order valence-corrected chi connectivity index (χ2v) is 8.90. The number of fused-ring (bicyclic) bond motifs is 1. The molecule has 2 aromatic heterocycles. The van der Waals surface area contributed by atoms with E-state index in [1.165, 1.54) is 24.3 Å². The highest BCUT2D eigenvalue weighted by Gasteiger charge is 2.21. The Hall–Kier alpha value is -4.79. The van der Waals surface area contributed by atoms with Crippen LogP contribution in [0.15, 0.2) is 85.5 Å². The van der Waals surface area contributed by atoms with Crippen molar-refractivity contribution in [2.24, 2.45) is 0 Å². The third-order valence-electron chi connectivity index (χ3n) is 6.60. The Kier molecular flexibility index (Phi) is 5.94. The van der Waals surface area contributed by atoms with Crippen LogP contribution in [0.1, 0.15) is 10.4 Å². The summed E-state index contributed by atoms with van der Waals surface area (Å²) >= 11 is 0. The average molecular weight is 494 g/mol. The summed E-state index contributed by atoms with van der Waals surface area (Å²) in [5.41, 5.74) is 5.13. The predicted molar refractivity (Wildman–Crippen MR) is 142 cm³/mol. The van der Waals surface area contributed by atoms with Crippen LogP contribution in [-0.4, -0.2) is 52.3 Å². The molecule has 6 rings (SSSR count). The molecule has 0 saturated carbocycles. The van der Waals surface area contributed by atoms with Gasteiger partial charge in [0.25, 0.3) is 5.91 Å². The summed E-state index contributed by atoms with van der Waals surface area (Å²) in [6.07, 6.45) is 5.30. The molecule has 0 radical (unpaired) electrons. The molecule has 0 spiro atoms. The lowest BCUT2D eigenvalue weighted by Gasteiger charge is -2.37. The molecule has 1 aliphatic rings. The van der Waals surface area contributed by atoms with E-state index in [9.17, 15) is 9.18 Å². The summed E-state index contributed by atoms with van der Waals surface area (Å²) in [5.74, 6) is 0.286. The van der Waals surface area contributed by atoms with Crippen LogP contribution in [-0.2, 0) is 0 Å². The lowest BCUT2D eigenvalue weighted by atomic mass is 10.1. The number of aromatic nitrogens is 4. The molecule has 0 bridgehead atoms. The fraction of sp³-hybridized carbons (Fsp3) is 0.143. The highest BCUT2D eigenvalue weighted by molar-refractivity contribution is 6.04. The van der Waals surface area contributed by atoms with Gasteiger partial charge in [0, 0.05) is 60.3 Å². The van der Waals surface area contributed by atoms with E-state index < -0.39 is 0 Å². The van der Waals surface area contributed by atoms with Gasteiger partial charge >= 0.3 is 0 Å². The van der Waals surface area contributed by atoms with Crippen LogP contribution < -0.4 is 15.1 Å². The van der Waals surface area contributed by atoms with Gasteiger partial charge in [-0.2, -0.15) is 5.10 Å². The molecule has 1 saturated heterocycles. The van der Waals surface area contributed by atoms with Crippen LogP contribution in [0.2, 0.25) is 0 Å². The molecule has 1 fully saturated rings.